The smallest absolute Gasteiger partial charge is 0.248 e. The van der Waals surface area contributed by atoms with Crippen LogP contribution in [0.4, 0.5) is 14.6 Å². The van der Waals surface area contributed by atoms with E-state index in [-0.39, 0.29) is 11.7 Å². The molecule has 0 spiro atoms. The molecule has 25 heavy (non-hydrogen) atoms. The molecule has 1 fully saturated rings. The number of halogens is 2. The molecule has 0 saturated heterocycles. The van der Waals surface area contributed by atoms with Crippen molar-refractivity contribution in [2.75, 3.05) is 18.1 Å². The second kappa shape index (κ2) is 7.68. The predicted octanol–water partition coefficient (Wildman–Crippen LogP) is 3.94. The minimum absolute atomic E-state index is 0.206. The van der Waals surface area contributed by atoms with Crippen LogP contribution >= 0.6 is 0 Å². The van der Waals surface area contributed by atoms with E-state index in [1.807, 2.05) is 12.2 Å². The topological polar surface area (TPSA) is 68.3 Å². The van der Waals surface area contributed by atoms with E-state index in [0.717, 1.165) is 13.2 Å². The van der Waals surface area contributed by atoms with Crippen LogP contribution in [-0.4, -0.2) is 32.7 Å². The Morgan fingerprint density at radius 2 is 1.96 bits per heavy atom. The highest BCUT2D eigenvalue weighted by Crippen LogP contribution is 2.39. The number of pyridine rings is 1. The van der Waals surface area contributed by atoms with Crippen molar-refractivity contribution in [3.63, 3.8) is 0 Å². The minimum atomic E-state index is -3.42. The zero-order chi connectivity index (χ0) is 18.7. The number of nitrogens with one attached hydrogen (secondary N) is 1. The molecule has 0 bridgehead atoms. The summed E-state index contributed by atoms with van der Waals surface area (Å²) >= 11 is 0. The Balaban J connectivity index is 2.08. The number of anilines is 1. The van der Waals surface area contributed by atoms with Gasteiger partial charge in [-0.1, -0.05) is 12.2 Å². The molecule has 1 heterocycles. The van der Waals surface area contributed by atoms with Gasteiger partial charge in [-0.15, -0.1) is 0 Å². The minimum Gasteiger partial charge on any atom is -0.495 e. The Labute approximate surface area is 147 Å². The lowest BCUT2D eigenvalue weighted by Crippen LogP contribution is -2.28. The number of ether oxygens (including phenoxy) is 1. The number of nitrogens with zero attached hydrogens (tertiary/aromatic N) is 1. The largest absolute Gasteiger partial charge is 0.495 e. The van der Waals surface area contributed by atoms with Gasteiger partial charge in [-0.05, 0) is 44.6 Å². The van der Waals surface area contributed by atoms with Crippen LogP contribution < -0.4 is 9.46 Å². The lowest BCUT2D eigenvalue weighted by Gasteiger charge is -2.30. The molecule has 0 atom stereocenters. The first-order valence-electron chi connectivity index (χ1n) is 8.16. The van der Waals surface area contributed by atoms with E-state index >= 15 is 0 Å². The number of allylic oxidation sites excluding steroid dienone is 1. The summed E-state index contributed by atoms with van der Waals surface area (Å²) in [6.45, 7) is 0.992. The second-order valence-corrected chi connectivity index (χ2v) is 8.36. The molecule has 0 unspecified atom stereocenters. The van der Waals surface area contributed by atoms with E-state index in [0.29, 0.717) is 37.0 Å². The molecule has 0 aromatic carbocycles. The number of alkyl halides is 2. The number of hydrogen-bond acceptors (Lipinski definition) is 4. The molecule has 0 amide bonds. The quantitative estimate of drug-likeness (QED) is 0.819. The Hall–Kier alpha value is -1.70. The van der Waals surface area contributed by atoms with Crippen LogP contribution in [0, 0.1) is 11.8 Å². The maximum absolute atomic E-state index is 13.4. The van der Waals surface area contributed by atoms with Crippen molar-refractivity contribution in [2.24, 2.45) is 11.8 Å². The van der Waals surface area contributed by atoms with Gasteiger partial charge in [-0.3, -0.25) is 4.72 Å². The second-order valence-electron chi connectivity index (χ2n) is 6.61. The number of aromatic nitrogens is 1. The van der Waals surface area contributed by atoms with Gasteiger partial charge in [0.05, 0.1) is 19.6 Å². The fraction of sp³-hybridized carbons (Fsp3) is 0.588. The Bertz CT molecular complexity index is 722. The van der Waals surface area contributed by atoms with Crippen LogP contribution in [0.5, 0.6) is 5.75 Å². The summed E-state index contributed by atoms with van der Waals surface area (Å²) in [5, 5.41) is 0. The van der Waals surface area contributed by atoms with Crippen molar-refractivity contribution >= 4 is 21.9 Å². The highest BCUT2D eigenvalue weighted by atomic mass is 32.2. The van der Waals surface area contributed by atoms with Gasteiger partial charge in [-0.2, -0.15) is 0 Å². The van der Waals surface area contributed by atoms with Gasteiger partial charge in [0.2, 0.25) is 15.9 Å². The lowest BCUT2D eigenvalue weighted by molar-refractivity contribution is -0.0558. The highest BCUT2D eigenvalue weighted by Gasteiger charge is 2.36. The fourth-order valence-electron chi connectivity index (χ4n) is 3.06. The van der Waals surface area contributed by atoms with Gasteiger partial charge in [0.15, 0.2) is 0 Å². The van der Waals surface area contributed by atoms with E-state index in [2.05, 4.69) is 9.71 Å². The van der Waals surface area contributed by atoms with E-state index in [1.54, 1.807) is 6.07 Å². The summed E-state index contributed by atoms with van der Waals surface area (Å²) in [5.74, 6) is -2.21. The summed E-state index contributed by atoms with van der Waals surface area (Å²) in [6.07, 6.45) is 8.76. The molecule has 140 valence electrons. The SMILES string of the molecule is COc1cnc(NS(C)(=O)=O)cc1/C=C/C1CCC(C(C)(F)F)CC1. The van der Waals surface area contributed by atoms with E-state index in [1.165, 1.54) is 13.3 Å². The molecule has 5 nitrogen and oxygen atoms in total. The lowest BCUT2D eigenvalue weighted by atomic mass is 9.79. The molecule has 0 radical (unpaired) electrons. The Morgan fingerprint density at radius 3 is 2.48 bits per heavy atom. The summed E-state index contributed by atoms with van der Waals surface area (Å²) in [4.78, 5) is 3.99. The van der Waals surface area contributed by atoms with Crippen LogP contribution in [-0.2, 0) is 10.0 Å². The van der Waals surface area contributed by atoms with Crippen molar-refractivity contribution in [3.05, 3.63) is 23.9 Å². The van der Waals surface area contributed by atoms with Gasteiger partial charge >= 0.3 is 0 Å². The van der Waals surface area contributed by atoms with Crippen molar-refractivity contribution in [1.82, 2.24) is 4.98 Å². The standard InChI is InChI=1S/C17H24F2N2O3S/c1-17(18,19)14-8-5-12(6-9-14)4-7-13-10-16(21-25(3,22)23)20-11-15(13)24-2/h4,7,10-12,14H,5-6,8-9H2,1-3H3,(H,20,21)/b7-4+. The molecule has 1 saturated carbocycles. The van der Waals surface area contributed by atoms with Crippen LogP contribution in [0.3, 0.4) is 0 Å². The summed E-state index contributed by atoms with van der Waals surface area (Å²) in [5.41, 5.74) is 0.687. The average Bonchev–Trinajstić information content (AvgIpc) is 2.51. The summed E-state index contributed by atoms with van der Waals surface area (Å²) in [7, 11) is -1.91. The molecule has 1 aromatic rings. The third-order valence-corrected chi connectivity index (χ3v) is 5.02. The zero-order valence-electron chi connectivity index (χ0n) is 14.6. The van der Waals surface area contributed by atoms with Gasteiger partial charge < -0.3 is 4.74 Å². The molecule has 0 aliphatic heterocycles. The molecule has 1 aliphatic carbocycles. The van der Waals surface area contributed by atoms with Crippen molar-refractivity contribution in [2.45, 2.75) is 38.5 Å². The molecular weight excluding hydrogens is 350 g/mol. The molecule has 1 aliphatic rings. The number of hydrogen-bond donors (Lipinski definition) is 1. The third-order valence-electron chi connectivity index (χ3n) is 4.44. The van der Waals surface area contributed by atoms with E-state index in [9.17, 15) is 17.2 Å². The summed E-state index contributed by atoms with van der Waals surface area (Å²) < 4.78 is 56.9. The van der Waals surface area contributed by atoms with Crippen LogP contribution in [0.25, 0.3) is 6.08 Å². The number of sulfonamides is 1. The normalized spacial score (nSPS) is 22.1. The van der Waals surface area contributed by atoms with Crippen LogP contribution in [0.15, 0.2) is 18.3 Å². The monoisotopic (exact) mass is 374 g/mol. The Morgan fingerprint density at radius 1 is 1.32 bits per heavy atom. The first-order valence-corrected chi connectivity index (χ1v) is 10.1. The van der Waals surface area contributed by atoms with Crippen LogP contribution in [0.2, 0.25) is 0 Å². The first kappa shape index (κ1) is 19.6. The fourth-order valence-corrected chi connectivity index (χ4v) is 3.55. The zero-order valence-corrected chi connectivity index (χ0v) is 15.4. The predicted molar refractivity (Wildman–Crippen MR) is 94.4 cm³/mol. The van der Waals surface area contributed by atoms with Gasteiger partial charge in [-0.25, -0.2) is 22.2 Å². The first-order chi connectivity index (χ1) is 11.6. The van der Waals surface area contributed by atoms with Crippen LogP contribution in [0.1, 0.15) is 38.2 Å². The van der Waals surface area contributed by atoms with Crippen molar-refractivity contribution in [1.29, 1.82) is 0 Å². The molecule has 1 N–H and O–H groups in total. The summed E-state index contributed by atoms with van der Waals surface area (Å²) in [6, 6.07) is 1.59. The molecular formula is C17H24F2N2O3S. The molecule has 8 heteroatoms. The van der Waals surface area contributed by atoms with Crippen molar-refractivity contribution < 1.29 is 21.9 Å². The van der Waals surface area contributed by atoms with Gasteiger partial charge in [0.25, 0.3) is 0 Å². The average molecular weight is 374 g/mol. The van der Waals surface area contributed by atoms with Gasteiger partial charge in [0, 0.05) is 11.5 Å². The van der Waals surface area contributed by atoms with E-state index in [4.69, 9.17) is 4.74 Å². The van der Waals surface area contributed by atoms with E-state index < -0.39 is 21.9 Å². The van der Waals surface area contributed by atoms with Crippen molar-refractivity contribution in [3.8, 4) is 5.75 Å². The molecule has 2 rings (SSSR count). The number of rotatable bonds is 6. The third kappa shape index (κ3) is 5.95. The maximum Gasteiger partial charge on any atom is 0.248 e. The van der Waals surface area contributed by atoms with Gasteiger partial charge in [0.1, 0.15) is 11.6 Å². The number of methoxy groups -OCH3 is 1. The highest BCUT2D eigenvalue weighted by molar-refractivity contribution is 7.92. The maximum atomic E-state index is 13.4. The Kier molecular flexibility index (Phi) is 6.03. The molecule has 1 aromatic heterocycles.